The number of aromatic nitrogens is 4. The second kappa shape index (κ2) is 24.7. The topological polar surface area (TPSA) is 181 Å². The predicted octanol–water partition coefficient (Wildman–Crippen LogP) is 9.42. The predicted molar refractivity (Wildman–Crippen MR) is 298 cm³/mol. The molecule has 0 spiro atoms. The molecule has 2 aliphatic heterocycles. The number of halogens is 2. The Bertz CT molecular complexity index is 2930. The zero-order valence-electron chi connectivity index (χ0n) is 44.1. The molecule has 5 heterocycles. The van der Waals surface area contributed by atoms with Crippen LogP contribution in [0.2, 0.25) is 5.02 Å². The number of likely N-dealkylation sites (tertiary alicyclic amines) is 1. The van der Waals surface area contributed by atoms with Crippen LogP contribution in [0.1, 0.15) is 108 Å². The fraction of sp³-hybridized carbons (Fsp3) is 0.483. The summed E-state index contributed by atoms with van der Waals surface area (Å²) in [6, 6.07) is 19.5. The van der Waals surface area contributed by atoms with E-state index in [1.165, 1.54) is 22.6 Å². The first-order chi connectivity index (χ1) is 36.5. The number of rotatable bonds is 19. The van der Waals surface area contributed by atoms with Crippen molar-refractivity contribution in [2.75, 3.05) is 44.6 Å². The molecule has 3 aromatic carbocycles. The highest BCUT2D eigenvalue weighted by atomic mass is 35.5. The van der Waals surface area contributed by atoms with Crippen LogP contribution in [0.25, 0.3) is 32.6 Å². The average Bonchev–Trinajstić information content (AvgIpc) is 4.16. The molecule has 3 atom stereocenters. The van der Waals surface area contributed by atoms with Crippen LogP contribution >= 0.6 is 22.9 Å². The number of β-amino-alcohol motifs (C(OH)–C–C–N with tert-alkyl or cyclic N) is 1. The molecule has 3 amide bonds. The van der Waals surface area contributed by atoms with Gasteiger partial charge in [0.05, 0.1) is 28.3 Å². The minimum atomic E-state index is -0.851. The first kappa shape index (κ1) is 55.0. The summed E-state index contributed by atoms with van der Waals surface area (Å²) in [4.78, 5) is 62.4. The van der Waals surface area contributed by atoms with Crippen molar-refractivity contribution < 1.29 is 29.0 Å². The van der Waals surface area contributed by atoms with Crippen LogP contribution < -0.4 is 16.0 Å². The smallest absolute Gasteiger partial charge is 0.246 e. The van der Waals surface area contributed by atoms with E-state index in [0.717, 1.165) is 134 Å². The summed E-state index contributed by atoms with van der Waals surface area (Å²) in [7, 11) is 0. The van der Waals surface area contributed by atoms with Crippen molar-refractivity contribution in [3.8, 4) is 21.6 Å². The first-order valence-corrected chi connectivity index (χ1v) is 28.2. The van der Waals surface area contributed by atoms with Crippen LogP contribution in [-0.4, -0.2) is 126 Å². The SMILES string of the molecule is Cc1ncsc1-c1ccc(CNC(=O)[C@@H]2C[C@@H](O)CN2C(=O)[C@@H](NC(=O)CCCCCCN2CCN(Cc3ccc(-c4cn(C5CCC(O)CC5)c5nc(Nc6cc(F)cc(Cl)c6)ncc45)cc3)CC2)C(C)(C)C)cc1. The molecule has 18 heteroatoms. The van der Waals surface area contributed by atoms with Crippen molar-refractivity contribution in [2.24, 2.45) is 5.41 Å². The average molecular weight is 1080 g/mol. The summed E-state index contributed by atoms with van der Waals surface area (Å²) in [5.41, 5.74) is 8.79. The van der Waals surface area contributed by atoms with Crippen molar-refractivity contribution >= 4 is 63.3 Å². The number of amides is 3. The van der Waals surface area contributed by atoms with E-state index < -0.39 is 29.4 Å². The fourth-order valence-corrected chi connectivity index (χ4v) is 11.9. The highest BCUT2D eigenvalue weighted by molar-refractivity contribution is 7.13. The number of aliphatic hydroxyl groups excluding tert-OH is 2. The highest BCUT2D eigenvalue weighted by Crippen LogP contribution is 2.38. The van der Waals surface area contributed by atoms with Gasteiger partial charge in [-0.25, -0.2) is 14.4 Å². The lowest BCUT2D eigenvalue weighted by Gasteiger charge is -2.35. The van der Waals surface area contributed by atoms with Gasteiger partial charge in [0.1, 0.15) is 23.5 Å². The zero-order valence-corrected chi connectivity index (χ0v) is 45.7. The molecule has 1 saturated carbocycles. The largest absolute Gasteiger partial charge is 0.393 e. The molecule has 0 radical (unpaired) electrons. The Morgan fingerprint density at radius 1 is 0.855 bits per heavy atom. The first-order valence-electron chi connectivity index (χ1n) is 26.9. The van der Waals surface area contributed by atoms with Gasteiger partial charge in [0.15, 0.2) is 0 Å². The number of aliphatic hydroxyl groups is 2. The Balaban J connectivity index is 0.697. The molecule has 9 rings (SSSR count). The van der Waals surface area contributed by atoms with E-state index in [1.807, 2.05) is 63.7 Å². The van der Waals surface area contributed by atoms with Crippen molar-refractivity contribution in [3.63, 3.8) is 0 Å². The lowest BCUT2D eigenvalue weighted by atomic mass is 9.85. The van der Waals surface area contributed by atoms with Crippen molar-refractivity contribution in [2.45, 2.75) is 135 Å². The summed E-state index contributed by atoms with van der Waals surface area (Å²) in [5, 5.41) is 31.2. The molecule has 15 nitrogen and oxygen atoms in total. The normalized spacial score (nSPS) is 20.0. The Kier molecular flexibility index (Phi) is 17.8. The van der Waals surface area contributed by atoms with Gasteiger partial charge in [-0.15, -0.1) is 11.3 Å². The number of thiazole rings is 1. The van der Waals surface area contributed by atoms with Crippen molar-refractivity contribution in [1.82, 2.24) is 44.9 Å². The molecule has 0 bridgehead atoms. The van der Waals surface area contributed by atoms with Gasteiger partial charge < -0.3 is 40.5 Å². The highest BCUT2D eigenvalue weighted by Gasteiger charge is 2.44. The monoisotopic (exact) mass is 1070 g/mol. The van der Waals surface area contributed by atoms with Crippen molar-refractivity contribution in [3.05, 3.63) is 112 Å². The maximum absolute atomic E-state index is 14.1. The molecule has 6 aromatic rings. The fourth-order valence-electron chi connectivity index (χ4n) is 10.9. The summed E-state index contributed by atoms with van der Waals surface area (Å²) >= 11 is 7.70. The molecule has 404 valence electrons. The number of carbonyl (C=O) groups is 3. The summed E-state index contributed by atoms with van der Waals surface area (Å²) in [6.45, 7) is 13.9. The number of carbonyl (C=O) groups excluding carboxylic acids is 3. The standard InChI is InChI=1S/C58H72ClFN10O5S/c1-37-52(76-36-63-37)41-16-10-38(11-17-41)31-61-55(74)50-30-47(72)34-70(50)56(75)53(58(2,3)4)65-51(73)9-7-5-6-8-22-67-23-25-68(26-24-67)33-39-12-14-40(15-13-39)49-35-69(45-18-20-46(71)21-19-45)54-48(49)32-62-57(66-54)64-44-28-42(59)27-43(60)29-44/h10-17,27-29,32,35-36,45-47,50,53,71-72H,5-9,18-26,30-31,33-34H2,1-4H3,(H,61,74)(H,65,73)(H,62,64,66)/t45?,46?,47-,50+,53-/m1/s1. The number of fused-ring (bicyclic) bond motifs is 1. The van der Waals surface area contributed by atoms with Gasteiger partial charge in [0.2, 0.25) is 23.7 Å². The van der Waals surface area contributed by atoms with E-state index in [4.69, 9.17) is 16.6 Å². The molecule has 2 saturated heterocycles. The maximum atomic E-state index is 14.1. The third-order valence-corrected chi connectivity index (χ3v) is 16.4. The summed E-state index contributed by atoms with van der Waals surface area (Å²) in [5.74, 6) is -0.967. The molecule has 3 aliphatic rings. The Labute approximate surface area is 454 Å². The third-order valence-electron chi connectivity index (χ3n) is 15.2. The van der Waals surface area contributed by atoms with Gasteiger partial charge in [-0.3, -0.25) is 19.3 Å². The minimum Gasteiger partial charge on any atom is -0.393 e. The van der Waals surface area contributed by atoms with Crippen LogP contribution in [0.3, 0.4) is 0 Å². The van der Waals surface area contributed by atoms with Crippen LogP contribution in [0.5, 0.6) is 0 Å². The van der Waals surface area contributed by atoms with E-state index >= 15 is 0 Å². The second-order valence-corrected chi connectivity index (χ2v) is 23.3. The summed E-state index contributed by atoms with van der Waals surface area (Å²) in [6.07, 6.45) is 10.2. The van der Waals surface area contributed by atoms with Gasteiger partial charge in [-0.05, 0) is 97.9 Å². The van der Waals surface area contributed by atoms with Gasteiger partial charge in [0.25, 0.3) is 0 Å². The van der Waals surface area contributed by atoms with Crippen molar-refractivity contribution in [1.29, 1.82) is 0 Å². The van der Waals surface area contributed by atoms with Crippen LogP contribution in [0.4, 0.5) is 16.0 Å². The number of anilines is 2. The third kappa shape index (κ3) is 13.8. The van der Waals surface area contributed by atoms with E-state index in [2.05, 4.69) is 70.7 Å². The Morgan fingerprint density at radius 2 is 1.55 bits per heavy atom. The number of nitrogens with zero attached hydrogens (tertiary/aromatic N) is 7. The molecular formula is C58H72ClFN10O5S. The number of hydrogen-bond acceptors (Lipinski definition) is 12. The molecule has 0 unspecified atom stereocenters. The van der Waals surface area contributed by atoms with Gasteiger partial charge in [-0.2, -0.15) is 4.98 Å². The number of aryl methyl sites for hydroxylation is 1. The van der Waals surface area contributed by atoms with Gasteiger partial charge >= 0.3 is 0 Å². The number of piperazine rings is 1. The second-order valence-electron chi connectivity index (χ2n) is 22.0. The number of unbranched alkanes of at least 4 members (excludes halogenated alkanes) is 3. The molecule has 76 heavy (non-hydrogen) atoms. The number of hydrogen-bond donors (Lipinski definition) is 5. The molecule has 1 aliphatic carbocycles. The van der Waals surface area contributed by atoms with Gasteiger partial charge in [0, 0.05) is 98.8 Å². The van der Waals surface area contributed by atoms with Crippen LogP contribution in [0, 0.1) is 18.2 Å². The number of nitrogens with one attached hydrogen (secondary N) is 3. The minimum absolute atomic E-state index is 0.0339. The van der Waals surface area contributed by atoms with E-state index in [0.29, 0.717) is 18.1 Å². The lowest BCUT2D eigenvalue weighted by Crippen LogP contribution is -2.57. The van der Waals surface area contributed by atoms with Crippen LogP contribution in [-0.2, 0) is 27.5 Å². The maximum Gasteiger partial charge on any atom is 0.246 e. The molecule has 3 aromatic heterocycles. The molecule has 5 N–H and O–H groups in total. The quantitative estimate of drug-likeness (QED) is 0.0488. The van der Waals surface area contributed by atoms with E-state index in [-0.39, 0.29) is 54.4 Å². The lowest BCUT2D eigenvalue weighted by molar-refractivity contribution is -0.144. The van der Waals surface area contributed by atoms with E-state index in [9.17, 15) is 29.0 Å². The zero-order chi connectivity index (χ0) is 53.5. The van der Waals surface area contributed by atoms with E-state index in [1.54, 1.807) is 17.4 Å². The molecular weight excluding hydrogens is 1000 g/mol. The Morgan fingerprint density at radius 3 is 2.25 bits per heavy atom. The van der Waals surface area contributed by atoms with Gasteiger partial charge in [-0.1, -0.05) is 93.7 Å². The number of benzene rings is 3. The molecule has 3 fully saturated rings. The Hall–Kier alpha value is -5.82. The van der Waals surface area contributed by atoms with Crippen LogP contribution in [0.15, 0.2) is 84.6 Å². The summed E-state index contributed by atoms with van der Waals surface area (Å²) < 4.78 is 16.3.